The lowest BCUT2D eigenvalue weighted by Crippen LogP contribution is -2.47. The minimum absolute atomic E-state index is 0.229. The van der Waals surface area contributed by atoms with E-state index >= 15 is 0 Å². The van der Waals surface area contributed by atoms with Crippen LogP contribution in [0.5, 0.6) is 5.75 Å². The van der Waals surface area contributed by atoms with Gasteiger partial charge in [0.1, 0.15) is 24.0 Å². The van der Waals surface area contributed by atoms with E-state index in [4.69, 9.17) is 15.7 Å². The maximum Gasteiger partial charge on any atom is 0.138 e. The first-order valence-corrected chi connectivity index (χ1v) is 7.04. The summed E-state index contributed by atoms with van der Waals surface area (Å²) in [5.41, 5.74) is 6.63. The molecule has 2 N–H and O–H groups in total. The molecule has 0 unspecified atom stereocenters. The molecule has 0 atom stereocenters. The van der Waals surface area contributed by atoms with Gasteiger partial charge in [-0.15, -0.1) is 0 Å². The van der Waals surface area contributed by atoms with Crippen LogP contribution < -0.4 is 10.5 Å². The van der Waals surface area contributed by atoms with E-state index in [9.17, 15) is 0 Å². The second kappa shape index (κ2) is 5.73. The predicted molar refractivity (Wildman–Crippen MR) is 74.4 cm³/mol. The lowest BCUT2D eigenvalue weighted by Gasteiger charge is -2.33. The first kappa shape index (κ1) is 13.4. The lowest BCUT2D eigenvalue weighted by atomic mass is 9.83. The third-order valence-corrected chi connectivity index (χ3v) is 4.11. The molecule has 1 aromatic rings. The Morgan fingerprint density at radius 2 is 2.06 bits per heavy atom. The van der Waals surface area contributed by atoms with Gasteiger partial charge in [-0.05, 0) is 40.9 Å². The summed E-state index contributed by atoms with van der Waals surface area (Å²) in [5, 5.41) is 9.11. The van der Waals surface area contributed by atoms with Crippen molar-refractivity contribution in [3.05, 3.63) is 28.2 Å². The van der Waals surface area contributed by atoms with E-state index in [1.165, 1.54) is 19.3 Å². The maximum atomic E-state index is 9.11. The van der Waals surface area contributed by atoms with Crippen LogP contribution in [0.15, 0.2) is 22.7 Å². The highest BCUT2D eigenvalue weighted by Gasteiger charge is 2.28. The van der Waals surface area contributed by atoms with Gasteiger partial charge in [0.15, 0.2) is 0 Å². The predicted octanol–water partition coefficient (Wildman–Crippen LogP) is 3.36. The van der Waals surface area contributed by atoms with Crippen LogP contribution in [0.4, 0.5) is 0 Å². The Kier molecular flexibility index (Phi) is 4.26. The fourth-order valence-corrected chi connectivity index (χ4v) is 2.79. The van der Waals surface area contributed by atoms with Crippen molar-refractivity contribution < 1.29 is 4.74 Å². The van der Waals surface area contributed by atoms with Gasteiger partial charge in [0.25, 0.3) is 0 Å². The number of rotatable bonds is 3. The Morgan fingerprint density at radius 3 is 2.72 bits per heavy atom. The van der Waals surface area contributed by atoms with Crippen molar-refractivity contribution >= 4 is 15.9 Å². The monoisotopic (exact) mass is 308 g/mol. The molecule has 0 aliphatic heterocycles. The lowest BCUT2D eigenvalue weighted by molar-refractivity contribution is 0.173. The average Bonchev–Trinajstić information content (AvgIpc) is 2.37. The number of nitrogens with zero attached hydrogens (tertiary/aromatic N) is 1. The number of ether oxygens (including phenoxy) is 1. The molecule has 0 radical (unpaired) electrons. The molecule has 1 saturated carbocycles. The van der Waals surface area contributed by atoms with Crippen LogP contribution in [-0.4, -0.2) is 12.1 Å². The molecule has 0 saturated heterocycles. The van der Waals surface area contributed by atoms with Gasteiger partial charge in [-0.1, -0.05) is 25.3 Å². The molecule has 18 heavy (non-hydrogen) atoms. The van der Waals surface area contributed by atoms with Gasteiger partial charge in [0.2, 0.25) is 0 Å². The normalized spacial score (nSPS) is 18.1. The van der Waals surface area contributed by atoms with Crippen LogP contribution in [0.2, 0.25) is 0 Å². The summed E-state index contributed by atoms with van der Waals surface area (Å²) in [4.78, 5) is 0. The minimum Gasteiger partial charge on any atom is -0.490 e. The Balaban J connectivity index is 2.06. The van der Waals surface area contributed by atoms with Crippen LogP contribution in [0.3, 0.4) is 0 Å². The summed E-state index contributed by atoms with van der Waals surface area (Å²) >= 11 is 3.35. The fraction of sp³-hybridized carbons (Fsp3) is 0.500. The van der Waals surface area contributed by atoms with Crippen molar-refractivity contribution in [2.24, 2.45) is 5.73 Å². The number of hydrogen-bond donors (Lipinski definition) is 1. The van der Waals surface area contributed by atoms with Crippen molar-refractivity contribution in [3.63, 3.8) is 0 Å². The van der Waals surface area contributed by atoms with Crippen LogP contribution in [0.1, 0.15) is 37.7 Å². The van der Waals surface area contributed by atoms with Crippen LogP contribution >= 0.6 is 15.9 Å². The summed E-state index contributed by atoms with van der Waals surface area (Å²) in [6.45, 7) is 0.484. The highest BCUT2D eigenvalue weighted by molar-refractivity contribution is 9.10. The first-order chi connectivity index (χ1) is 8.64. The van der Waals surface area contributed by atoms with Crippen molar-refractivity contribution in [1.82, 2.24) is 0 Å². The first-order valence-electron chi connectivity index (χ1n) is 6.25. The van der Waals surface area contributed by atoms with Crippen molar-refractivity contribution in [1.29, 1.82) is 5.26 Å². The van der Waals surface area contributed by atoms with E-state index in [1.807, 2.05) is 18.2 Å². The number of nitriles is 1. The molecule has 3 nitrogen and oxygen atoms in total. The molecule has 0 amide bonds. The molecular weight excluding hydrogens is 292 g/mol. The Labute approximate surface area is 116 Å². The molecule has 1 aliphatic rings. The topological polar surface area (TPSA) is 59.0 Å². The smallest absolute Gasteiger partial charge is 0.138 e. The molecule has 0 spiro atoms. The molecule has 2 rings (SSSR count). The van der Waals surface area contributed by atoms with Crippen molar-refractivity contribution in [2.75, 3.05) is 6.61 Å². The van der Waals surface area contributed by atoms with Crippen LogP contribution in [0.25, 0.3) is 0 Å². The Hall–Kier alpha value is -1.05. The zero-order chi connectivity index (χ0) is 13.0. The molecule has 0 aromatic heterocycles. The van der Waals surface area contributed by atoms with E-state index < -0.39 is 0 Å². The summed E-state index contributed by atoms with van der Waals surface area (Å²) in [6, 6.07) is 7.67. The molecule has 0 heterocycles. The van der Waals surface area contributed by atoms with Gasteiger partial charge in [-0.2, -0.15) is 5.26 Å². The molecule has 4 heteroatoms. The highest BCUT2D eigenvalue weighted by Crippen LogP contribution is 2.29. The second-order valence-electron chi connectivity index (χ2n) is 4.94. The number of hydrogen-bond acceptors (Lipinski definition) is 3. The standard InChI is InChI=1S/C14H17BrN2O/c15-12-5-4-6-13(11(12)9-16)18-10-14(17)7-2-1-3-8-14/h4-6H,1-3,7-8,10,17H2. The Bertz CT molecular complexity index is 461. The van der Waals surface area contributed by atoms with Gasteiger partial charge in [-0.3, -0.25) is 0 Å². The third-order valence-electron chi connectivity index (χ3n) is 3.45. The SMILES string of the molecule is N#Cc1c(Br)cccc1OCC1(N)CCCCC1. The molecule has 1 aliphatic carbocycles. The zero-order valence-corrected chi connectivity index (χ0v) is 11.9. The molecule has 96 valence electrons. The van der Waals surface area contributed by atoms with Gasteiger partial charge >= 0.3 is 0 Å². The zero-order valence-electron chi connectivity index (χ0n) is 10.3. The second-order valence-corrected chi connectivity index (χ2v) is 5.79. The van der Waals surface area contributed by atoms with Gasteiger partial charge in [-0.25, -0.2) is 0 Å². The number of halogens is 1. The van der Waals surface area contributed by atoms with Crippen LogP contribution in [0, 0.1) is 11.3 Å². The van der Waals surface area contributed by atoms with E-state index in [2.05, 4.69) is 22.0 Å². The highest BCUT2D eigenvalue weighted by atomic mass is 79.9. The van der Waals surface area contributed by atoms with E-state index in [0.717, 1.165) is 17.3 Å². The minimum atomic E-state index is -0.229. The van der Waals surface area contributed by atoms with Gasteiger partial charge < -0.3 is 10.5 Å². The van der Waals surface area contributed by atoms with E-state index in [-0.39, 0.29) is 5.54 Å². The molecular formula is C14H17BrN2O. The maximum absolute atomic E-state index is 9.11. The van der Waals surface area contributed by atoms with Crippen LogP contribution in [-0.2, 0) is 0 Å². The van der Waals surface area contributed by atoms with Crippen molar-refractivity contribution in [2.45, 2.75) is 37.6 Å². The quantitative estimate of drug-likeness (QED) is 0.931. The Morgan fingerprint density at radius 1 is 1.33 bits per heavy atom. The summed E-state index contributed by atoms with van der Waals surface area (Å²) in [5.74, 6) is 0.613. The van der Waals surface area contributed by atoms with Gasteiger partial charge in [0, 0.05) is 4.47 Å². The average molecular weight is 309 g/mol. The molecule has 1 fully saturated rings. The molecule has 0 bridgehead atoms. The van der Waals surface area contributed by atoms with Crippen molar-refractivity contribution in [3.8, 4) is 11.8 Å². The van der Waals surface area contributed by atoms with Gasteiger partial charge in [0.05, 0.1) is 5.54 Å². The third kappa shape index (κ3) is 3.04. The number of benzene rings is 1. The number of nitrogens with two attached hydrogens (primary N) is 1. The summed E-state index contributed by atoms with van der Waals surface area (Å²) in [7, 11) is 0. The van der Waals surface area contributed by atoms with E-state index in [0.29, 0.717) is 17.9 Å². The molecule has 1 aromatic carbocycles. The largest absolute Gasteiger partial charge is 0.490 e. The van der Waals surface area contributed by atoms with E-state index in [1.54, 1.807) is 0 Å². The summed E-state index contributed by atoms with van der Waals surface area (Å²) in [6.07, 6.45) is 5.61. The summed E-state index contributed by atoms with van der Waals surface area (Å²) < 4.78 is 6.54. The fourth-order valence-electron chi connectivity index (χ4n) is 2.35.